The van der Waals surface area contributed by atoms with Crippen molar-refractivity contribution in [3.05, 3.63) is 82.7 Å². The summed E-state index contributed by atoms with van der Waals surface area (Å²) in [5.74, 6) is -0.207. The predicted octanol–water partition coefficient (Wildman–Crippen LogP) is 6.59. The first-order valence-electron chi connectivity index (χ1n) is 11.9. The maximum Gasteiger partial charge on any atom is 0.123 e. The van der Waals surface area contributed by atoms with Gasteiger partial charge >= 0.3 is 0 Å². The number of halogens is 1. The summed E-state index contributed by atoms with van der Waals surface area (Å²) in [5, 5.41) is 14.4. The van der Waals surface area contributed by atoms with Crippen molar-refractivity contribution in [1.29, 1.82) is 0 Å². The molecule has 0 saturated heterocycles. The van der Waals surface area contributed by atoms with E-state index in [1.807, 2.05) is 13.0 Å². The molecule has 0 amide bonds. The Morgan fingerprint density at radius 3 is 2.55 bits per heavy atom. The van der Waals surface area contributed by atoms with Crippen molar-refractivity contribution in [2.24, 2.45) is 0 Å². The maximum atomic E-state index is 13.7. The van der Waals surface area contributed by atoms with Gasteiger partial charge in [0.2, 0.25) is 0 Å². The molecule has 0 spiro atoms. The molecule has 2 atom stereocenters. The van der Waals surface area contributed by atoms with Crippen LogP contribution >= 0.6 is 0 Å². The molecular weight excluding hydrogens is 409 g/mol. The van der Waals surface area contributed by atoms with Crippen LogP contribution < -0.4 is 5.32 Å². The largest absolute Gasteiger partial charge is 0.392 e. The second-order valence-corrected chi connectivity index (χ2v) is 10.4. The quantitative estimate of drug-likeness (QED) is 0.369. The Morgan fingerprint density at radius 2 is 1.91 bits per heavy atom. The molecule has 1 aliphatic rings. The lowest BCUT2D eigenvalue weighted by Gasteiger charge is -2.41. The first-order chi connectivity index (χ1) is 15.6. The van der Waals surface area contributed by atoms with Crippen LogP contribution in [0.2, 0.25) is 0 Å². The van der Waals surface area contributed by atoms with Crippen LogP contribution in [0.1, 0.15) is 75.1 Å². The van der Waals surface area contributed by atoms with E-state index in [0.717, 1.165) is 36.8 Å². The summed E-state index contributed by atoms with van der Waals surface area (Å²) in [7, 11) is 0. The van der Waals surface area contributed by atoms with Crippen LogP contribution in [0.4, 0.5) is 4.39 Å². The van der Waals surface area contributed by atoms with Gasteiger partial charge in [0, 0.05) is 12.1 Å². The van der Waals surface area contributed by atoms with Gasteiger partial charge in [-0.05, 0) is 85.3 Å². The molecular formula is C30H40FNO. The molecule has 2 N–H and O–H groups in total. The number of aliphatic hydroxyl groups excluding tert-OH is 1. The zero-order valence-corrected chi connectivity index (χ0v) is 20.8. The second kappa shape index (κ2) is 11.6. The van der Waals surface area contributed by atoms with Gasteiger partial charge in [0.1, 0.15) is 5.82 Å². The molecule has 2 nitrogen and oxygen atoms in total. The summed E-state index contributed by atoms with van der Waals surface area (Å²) < 4.78 is 13.7. The van der Waals surface area contributed by atoms with Gasteiger partial charge < -0.3 is 10.4 Å². The van der Waals surface area contributed by atoms with Crippen LogP contribution in [0.15, 0.2) is 54.6 Å². The topological polar surface area (TPSA) is 32.3 Å². The van der Waals surface area contributed by atoms with E-state index in [1.54, 1.807) is 6.07 Å². The maximum absolute atomic E-state index is 13.7. The van der Waals surface area contributed by atoms with Gasteiger partial charge in [0.25, 0.3) is 0 Å². The molecule has 3 rings (SSSR count). The Bertz CT molecular complexity index is 935. The van der Waals surface area contributed by atoms with E-state index >= 15 is 0 Å². The Labute approximate surface area is 200 Å². The summed E-state index contributed by atoms with van der Waals surface area (Å²) in [6.45, 7) is 13.4. The predicted molar refractivity (Wildman–Crippen MR) is 138 cm³/mol. The summed E-state index contributed by atoms with van der Waals surface area (Å²) in [4.78, 5) is 0. The first-order valence-corrected chi connectivity index (χ1v) is 11.9. The molecule has 1 saturated carbocycles. The van der Waals surface area contributed by atoms with Crippen LogP contribution in [-0.2, 0) is 17.4 Å². The lowest BCUT2D eigenvalue weighted by atomic mass is 9.73. The molecule has 2 aromatic rings. The summed E-state index contributed by atoms with van der Waals surface area (Å²) in [6, 6.07) is 14.0. The van der Waals surface area contributed by atoms with Gasteiger partial charge in [-0.3, -0.25) is 0 Å². The number of rotatable bonds is 7. The molecule has 3 heteroatoms. The number of benzene rings is 2. The van der Waals surface area contributed by atoms with Crippen molar-refractivity contribution >= 4 is 0 Å². The fourth-order valence-electron chi connectivity index (χ4n) is 4.73. The average Bonchev–Trinajstić information content (AvgIpc) is 2.76. The molecule has 2 unspecified atom stereocenters. The van der Waals surface area contributed by atoms with Crippen molar-refractivity contribution in [3.63, 3.8) is 0 Å². The van der Waals surface area contributed by atoms with Crippen molar-refractivity contribution < 1.29 is 9.50 Å². The molecule has 0 bridgehead atoms. The normalized spacial score (nSPS) is 19.5. The van der Waals surface area contributed by atoms with Crippen LogP contribution in [0.3, 0.4) is 0 Å². The lowest BCUT2D eigenvalue weighted by molar-refractivity contribution is 0.137. The van der Waals surface area contributed by atoms with Gasteiger partial charge in [0.05, 0.1) is 6.10 Å². The van der Waals surface area contributed by atoms with Crippen molar-refractivity contribution in [1.82, 2.24) is 5.32 Å². The van der Waals surface area contributed by atoms with Crippen LogP contribution in [-0.4, -0.2) is 17.8 Å². The highest BCUT2D eigenvalue weighted by Gasteiger charge is 2.35. The molecule has 2 aromatic carbocycles. The Kier molecular flexibility index (Phi) is 9.46. The lowest BCUT2D eigenvalue weighted by Crippen LogP contribution is -2.47. The number of aryl methyl sites for hydroxylation is 2. The molecule has 1 fully saturated rings. The number of terminal acetylenes is 1. The van der Waals surface area contributed by atoms with E-state index in [-0.39, 0.29) is 16.8 Å². The molecule has 0 aliphatic heterocycles. The van der Waals surface area contributed by atoms with Gasteiger partial charge in [-0.1, -0.05) is 63.3 Å². The molecule has 178 valence electrons. The summed E-state index contributed by atoms with van der Waals surface area (Å²) in [6.07, 6.45) is 12.9. The summed E-state index contributed by atoms with van der Waals surface area (Å²) >= 11 is 0. The SMILES string of the molecule is C#C.C=C1CCCC(NCC(O)CCc2cc(C)cc(F)c2)(c2cccc(C(C)(C)C)c2)C1. The smallest absolute Gasteiger partial charge is 0.123 e. The fraction of sp³-hybridized carbons (Fsp3) is 0.467. The first kappa shape index (κ1) is 26.8. The third-order valence-electron chi connectivity index (χ3n) is 6.51. The zero-order chi connectivity index (χ0) is 24.6. The minimum absolute atomic E-state index is 0.0888. The highest BCUT2D eigenvalue weighted by Crippen LogP contribution is 2.40. The Hall–Kier alpha value is -2.41. The van der Waals surface area contributed by atoms with Crippen LogP contribution in [0.5, 0.6) is 0 Å². The fourth-order valence-corrected chi connectivity index (χ4v) is 4.73. The minimum atomic E-state index is -0.485. The minimum Gasteiger partial charge on any atom is -0.392 e. The average molecular weight is 450 g/mol. The summed E-state index contributed by atoms with van der Waals surface area (Å²) in [5.41, 5.74) is 5.64. The van der Waals surface area contributed by atoms with Crippen LogP contribution in [0.25, 0.3) is 0 Å². The van der Waals surface area contributed by atoms with Crippen LogP contribution in [0, 0.1) is 25.6 Å². The molecule has 0 aromatic heterocycles. The van der Waals surface area contributed by atoms with E-state index in [2.05, 4.69) is 69.8 Å². The van der Waals surface area contributed by atoms with E-state index in [0.29, 0.717) is 19.4 Å². The van der Waals surface area contributed by atoms with E-state index in [4.69, 9.17) is 0 Å². The highest BCUT2D eigenvalue weighted by atomic mass is 19.1. The number of hydrogen-bond donors (Lipinski definition) is 2. The van der Waals surface area contributed by atoms with Gasteiger partial charge in [-0.15, -0.1) is 12.8 Å². The Morgan fingerprint density at radius 1 is 1.18 bits per heavy atom. The number of aliphatic hydroxyl groups is 1. The third kappa shape index (κ3) is 7.56. The monoisotopic (exact) mass is 449 g/mol. The van der Waals surface area contributed by atoms with Gasteiger partial charge in [0.15, 0.2) is 0 Å². The standard InChI is InChI=1S/C28H38FNO.C2H2/c1-20-8-7-13-28(18-20,24-10-6-9-23(17-24)27(3,4)5)30-19-26(31)12-11-22-14-21(2)15-25(29)16-22;1-2/h6,9-10,14-17,26,30-31H,1,7-8,11-13,18-19H2,2-5H3;1-2H. The number of hydrogen-bond acceptors (Lipinski definition) is 2. The van der Waals surface area contributed by atoms with E-state index in [1.165, 1.54) is 22.8 Å². The van der Waals surface area contributed by atoms with Crippen molar-refractivity contribution in [3.8, 4) is 12.8 Å². The second-order valence-electron chi connectivity index (χ2n) is 10.4. The van der Waals surface area contributed by atoms with Crippen molar-refractivity contribution in [2.45, 2.75) is 83.3 Å². The third-order valence-corrected chi connectivity index (χ3v) is 6.51. The molecule has 0 heterocycles. The van der Waals surface area contributed by atoms with E-state index in [9.17, 15) is 9.50 Å². The van der Waals surface area contributed by atoms with Gasteiger partial charge in [-0.2, -0.15) is 0 Å². The Balaban J connectivity index is 0.00000187. The van der Waals surface area contributed by atoms with Crippen molar-refractivity contribution in [2.75, 3.05) is 6.54 Å². The zero-order valence-electron chi connectivity index (χ0n) is 20.8. The molecule has 1 aliphatic carbocycles. The number of nitrogens with one attached hydrogen (secondary N) is 1. The molecule has 33 heavy (non-hydrogen) atoms. The van der Waals surface area contributed by atoms with Gasteiger partial charge in [-0.25, -0.2) is 4.39 Å². The highest BCUT2D eigenvalue weighted by molar-refractivity contribution is 5.35. The van der Waals surface area contributed by atoms with E-state index < -0.39 is 6.10 Å². The molecule has 0 radical (unpaired) electrons.